The molecule has 0 aromatic heterocycles. The zero-order valence-electron chi connectivity index (χ0n) is 18.0. The van der Waals surface area contributed by atoms with Crippen LogP contribution in [-0.2, 0) is 5.41 Å². The number of Topliss-reactive ketones (excluding diaryl/α,β-unsaturated/α-hetero) is 1. The first-order chi connectivity index (χ1) is 14.2. The lowest BCUT2D eigenvalue weighted by molar-refractivity contribution is 0.0734. The smallest absolute Gasteiger partial charge is 0.343 e. The summed E-state index contributed by atoms with van der Waals surface area (Å²) in [5.41, 5.74) is 3.84. The monoisotopic (exact) mass is 402 g/mol. The van der Waals surface area contributed by atoms with Gasteiger partial charge in [-0.1, -0.05) is 44.2 Å². The second-order valence-electron chi connectivity index (χ2n) is 7.85. The van der Waals surface area contributed by atoms with Gasteiger partial charge in [0.25, 0.3) is 0 Å². The Labute approximate surface area is 177 Å². The number of hydrogen-bond acceptors (Lipinski definition) is 4. The van der Waals surface area contributed by atoms with E-state index < -0.39 is 5.97 Å². The minimum Gasteiger partial charge on any atom is -0.497 e. The highest BCUT2D eigenvalue weighted by atomic mass is 16.5. The fourth-order valence-corrected chi connectivity index (χ4v) is 3.47. The molecule has 0 fully saturated rings. The van der Waals surface area contributed by atoms with Gasteiger partial charge < -0.3 is 9.47 Å². The van der Waals surface area contributed by atoms with E-state index in [1.165, 1.54) is 6.92 Å². The predicted molar refractivity (Wildman–Crippen MR) is 118 cm³/mol. The van der Waals surface area contributed by atoms with E-state index in [1.54, 1.807) is 37.4 Å². The lowest BCUT2D eigenvalue weighted by Gasteiger charge is -2.26. The van der Waals surface area contributed by atoms with Gasteiger partial charge in [0.05, 0.1) is 12.7 Å². The molecular weight excluding hydrogens is 376 g/mol. The number of carbonyl (C=O) groups is 2. The summed E-state index contributed by atoms with van der Waals surface area (Å²) in [6.07, 6.45) is 0. The largest absolute Gasteiger partial charge is 0.497 e. The molecule has 0 radical (unpaired) electrons. The fraction of sp³-hybridized carbons (Fsp3) is 0.231. The standard InChI is InChI=1S/C26H26O4/c1-17-16-19(6-15-24(17)18(2)27)25(28)30-23-13-9-21(10-14-23)26(3,4)20-7-11-22(29-5)12-8-20/h6-16H,1-5H3. The maximum Gasteiger partial charge on any atom is 0.343 e. The fourth-order valence-electron chi connectivity index (χ4n) is 3.47. The van der Waals surface area contributed by atoms with Crippen molar-refractivity contribution in [2.45, 2.75) is 33.1 Å². The van der Waals surface area contributed by atoms with Crippen LogP contribution in [0.4, 0.5) is 0 Å². The second kappa shape index (κ2) is 8.54. The van der Waals surface area contributed by atoms with Crippen LogP contribution in [0.5, 0.6) is 11.5 Å². The van der Waals surface area contributed by atoms with Crippen LogP contribution >= 0.6 is 0 Å². The van der Waals surface area contributed by atoms with Gasteiger partial charge in [-0.25, -0.2) is 4.79 Å². The highest BCUT2D eigenvalue weighted by molar-refractivity contribution is 5.98. The van der Waals surface area contributed by atoms with Crippen molar-refractivity contribution in [3.05, 3.63) is 94.5 Å². The van der Waals surface area contributed by atoms with Crippen molar-refractivity contribution in [2.75, 3.05) is 7.11 Å². The van der Waals surface area contributed by atoms with Crippen molar-refractivity contribution in [3.63, 3.8) is 0 Å². The number of hydrogen-bond donors (Lipinski definition) is 0. The zero-order chi connectivity index (χ0) is 21.9. The van der Waals surface area contributed by atoms with Gasteiger partial charge in [-0.3, -0.25) is 4.79 Å². The van der Waals surface area contributed by atoms with Crippen LogP contribution in [-0.4, -0.2) is 18.9 Å². The van der Waals surface area contributed by atoms with Crippen LogP contribution in [0.25, 0.3) is 0 Å². The highest BCUT2D eigenvalue weighted by Crippen LogP contribution is 2.33. The molecule has 0 bridgehead atoms. The summed E-state index contributed by atoms with van der Waals surface area (Å²) in [5, 5.41) is 0. The molecule has 3 rings (SSSR count). The number of carbonyl (C=O) groups excluding carboxylic acids is 2. The van der Waals surface area contributed by atoms with E-state index in [-0.39, 0.29) is 11.2 Å². The van der Waals surface area contributed by atoms with E-state index in [4.69, 9.17) is 9.47 Å². The first-order valence-corrected chi connectivity index (χ1v) is 9.81. The first-order valence-electron chi connectivity index (χ1n) is 9.81. The minimum atomic E-state index is -0.449. The maximum atomic E-state index is 12.5. The molecule has 0 amide bonds. The van der Waals surface area contributed by atoms with Crippen molar-refractivity contribution in [3.8, 4) is 11.5 Å². The van der Waals surface area contributed by atoms with Gasteiger partial charge in [-0.15, -0.1) is 0 Å². The van der Waals surface area contributed by atoms with E-state index in [1.807, 2.05) is 31.2 Å². The zero-order valence-corrected chi connectivity index (χ0v) is 18.0. The number of methoxy groups -OCH3 is 1. The van der Waals surface area contributed by atoms with E-state index in [0.717, 1.165) is 22.4 Å². The highest BCUT2D eigenvalue weighted by Gasteiger charge is 2.23. The number of ketones is 1. The van der Waals surface area contributed by atoms with Gasteiger partial charge in [0.15, 0.2) is 5.78 Å². The van der Waals surface area contributed by atoms with E-state index >= 15 is 0 Å². The molecular formula is C26H26O4. The molecule has 0 saturated heterocycles. The van der Waals surface area contributed by atoms with Crippen molar-refractivity contribution < 1.29 is 19.1 Å². The van der Waals surface area contributed by atoms with Crippen LogP contribution in [0, 0.1) is 6.92 Å². The van der Waals surface area contributed by atoms with Crippen molar-refractivity contribution in [1.82, 2.24) is 0 Å². The number of aryl methyl sites for hydroxylation is 1. The summed E-state index contributed by atoms with van der Waals surface area (Å²) in [4.78, 5) is 24.1. The summed E-state index contributed by atoms with van der Waals surface area (Å²) in [6, 6.07) is 20.5. The molecule has 0 aliphatic carbocycles. The van der Waals surface area contributed by atoms with Crippen LogP contribution in [0.1, 0.15) is 58.2 Å². The lowest BCUT2D eigenvalue weighted by atomic mass is 9.78. The Kier molecular flexibility index (Phi) is 6.06. The van der Waals surface area contributed by atoms with Gasteiger partial charge in [0, 0.05) is 11.0 Å². The van der Waals surface area contributed by atoms with E-state index in [2.05, 4.69) is 26.0 Å². The van der Waals surface area contributed by atoms with Crippen LogP contribution in [0.3, 0.4) is 0 Å². The number of rotatable bonds is 6. The summed E-state index contributed by atoms with van der Waals surface area (Å²) >= 11 is 0. The van der Waals surface area contributed by atoms with Gasteiger partial charge in [0.1, 0.15) is 11.5 Å². The Morgan fingerprint density at radius 3 is 1.80 bits per heavy atom. The van der Waals surface area contributed by atoms with Crippen molar-refractivity contribution >= 4 is 11.8 Å². The normalized spacial score (nSPS) is 11.1. The lowest BCUT2D eigenvalue weighted by Crippen LogP contribution is -2.18. The number of benzene rings is 3. The molecule has 0 spiro atoms. The molecule has 0 saturated carbocycles. The Hall–Kier alpha value is -3.40. The Morgan fingerprint density at radius 2 is 1.33 bits per heavy atom. The van der Waals surface area contributed by atoms with Crippen molar-refractivity contribution in [1.29, 1.82) is 0 Å². The van der Waals surface area contributed by atoms with Crippen LogP contribution in [0.15, 0.2) is 66.7 Å². The van der Waals surface area contributed by atoms with E-state index in [9.17, 15) is 9.59 Å². The molecule has 4 heteroatoms. The molecule has 0 N–H and O–H groups in total. The van der Waals surface area contributed by atoms with Gasteiger partial charge in [-0.2, -0.15) is 0 Å². The van der Waals surface area contributed by atoms with Crippen LogP contribution < -0.4 is 9.47 Å². The maximum absolute atomic E-state index is 12.5. The summed E-state index contributed by atoms with van der Waals surface area (Å²) in [7, 11) is 1.65. The number of ether oxygens (including phenoxy) is 2. The average Bonchev–Trinajstić information content (AvgIpc) is 2.73. The molecule has 0 atom stereocenters. The summed E-state index contributed by atoms with van der Waals surface area (Å²) < 4.78 is 10.8. The third-order valence-electron chi connectivity index (χ3n) is 5.44. The van der Waals surface area contributed by atoms with Gasteiger partial charge >= 0.3 is 5.97 Å². The molecule has 3 aromatic rings. The molecule has 30 heavy (non-hydrogen) atoms. The SMILES string of the molecule is COc1ccc(C(C)(C)c2ccc(OC(=O)c3ccc(C(C)=O)c(C)c3)cc2)cc1. The third-order valence-corrected chi connectivity index (χ3v) is 5.44. The quantitative estimate of drug-likeness (QED) is 0.299. The summed E-state index contributed by atoms with van der Waals surface area (Å²) in [6.45, 7) is 7.61. The first kappa shape index (κ1) is 21.3. The van der Waals surface area contributed by atoms with Crippen molar-refractivity contribution in [2.24, 2.45) is 0 Å². The average molecular weight is 402 g/mol. The molecule has 154 valence electrons. The molecule has 4 nitrogen and oxygen atoms in total. The Bertz CT molecular complexity index is 1060. The molecule has 0 unspecified atom stereocenters. The molecule has 0 aliphatic rings. The molecule has 0 heterocycles. The Morgan fingerprint density at radius 1 is 0.800 bits per heavy atom. The van der Waals surface area contributed by atoms with Gasteiger partial charge in [0.2, 0.25) is 0 Å². The third kappa shape index (κ3) is 4.43. The molecule has 0 aliphatic heterocycles. The topological polar surface area (TPSA) is 52.6 Å². The number of esters is 1. The Balaban J connectivity index is 1.75. The van der Waals surface area contributed by atoms with E-state index in [0.29, 0.717) is 16.9 Å². The van der Waals surface area contributed by atoms with Gasteiger partial charge in [-0.05, 0) is 66.9 Å². The molecule has 3 aromatic carbocycles. The van der Waals surface area contributed by atoms with Crippen LogP contribution in [0.2, 0.25) is 0 Å². The second-order valence-corrected chi connectivity index (χ2v) is 7.85. The predicted octanol–water partition coefficient (Wildman–Crippen LogP) is 5.75. The minimum absolute atomic E-state index is 0.0255. The summed E-state index contributed by atoms with van der Waals surface area (Å²) in [5.74, 6) is 0.823.